The van der Waals surface area contributed by atoms with Gasteiger partial charge in [-0.15, -0.1) is 0 Å². The molecule has 0 saturated heterocycles. The Labute approximate surface area is 153 Å². The second-order valence-corrected chi connectivity index (χ2v) is 6.56. The first-order valence-corrected chi connectivity index (χ1v) is 8.77. The second-order valence-electron chi connectivity index (χ2n) is 6.56. The molecule has 3 aromatic rings. The monoisotopic (exact) mass is 336 g/mol. The predicted molar refractivity (Wildman–Crippen MR) is 107 cm³/mol. The van der Waals surface area contributed by atoms with Gasteiger partial charge in [-0.2, -0.15) is 0 Å². The summed E-state index contributed by atoms with van der Waals surface area (Å²) in [4.78, 5) is 0. The van der Waals surface area contributed by atoms with Crippen LogP contribution in [0.3, 0.4) is 0 Å². The Balaban J connectivity index is 1.79. The van der Waals surface area contributed by atoms with Crippen molar-refractivity contribution in [2.24, 2.45) is 0 Å². The van der Waals surface area contributed by atoms with E-state index in [2.05, 4.69) is 72.4 Å². The van der Waals surface area contributed by atoms with E-state index >= 15 is 0 Å². The summed E-state index contributed by atoms with van der Waals surface area (Å²) in [6.07, 6.45) is 4.38. The number of rotatable bonds is 1. The quantitative estimate of drug-likeness (QED) is 0.543. The third kappa shape index (κ3) is 2.31. The van der Waals surface area contributed by atoms with Crippen LogP contribution >= 0.6 is 0 Å². The van der Waals surface area contributed by atoms with Crippen molar-refractivity contribution in [3.05, 3.63) is 102 Å². The number of nitrogens with zero attached hydrogens (tertiary/aromatic N) is 1. The fourth-order valence-electron chi connectivity index (χ4n) is 3.66. The van der Waals surface area contributed by atoms with Crippen molar-refractivity contribution in [2.75, 3.05) is 7.05 Å². The fraction of sp³-hybridized carbons (Fsp3) is 0.0417. The lowest BCUT2D eigenvalue weighted by Crippen LogP contribution is -2.05. The standard InChI is InChI=1S/C24H18NO/c1-25-16-21(18-11-5-7-13-22(18)25)20-15-24(17-9-3-2-4-10-17)26-23-14-8-6-12-19(20)23/h2-16H,1H3/q+1/b21-20+. The maximum Gasteiger partial charge on any atom is 0.213 e. The summed E-state index contributed by atoms with van der Waals surface area (Å²) < 4.78 is 8.41. The third-order valence-electron chi connectivity index (χ3n) is 4.92. The highest BCUT2D eigenvalue weighted by molar-refractivity contribution is 6.24. The first-order chi connectivity index (χ1) is 12.8. The molecule has 2 nitrogen and oxygen atoms in total. The van der Waals surface area contributed by atoms with Crippen molar-refractivity contribution in [3.8, 4) is 5.75 Å². The molecule has 5 rings (SSSR count). The number of benzene rings is 3. The van der Waals surface area contributed by atoms with Crippen LogP contribution in [0.2, 0.25) is 0 Å². The summed E-state index contributed by atoms with van der Waals surface area (Å²) in [5, 5.41) is 0. The molecule has 0 unspecified atom stereocenters. The van der Waals surface area contributed by atoms with Crippen molar-refractivity contribution in [3.63, 3.8) is 0 Å². The Kier molecular flexibility index (Phi) is 3.36. The zero-order valence-corrected chi connectivity index (χ0v) is 14.5. The summed E-state index contributed by atoms with van der Waals surface area (Å²) in [6, 6.07) is 27.0. The molecule has 0 spiro atoms. The average Bonchev–Trinajstić information content (AvgIpc) is 3.05. The van der Waals surface area contributed by atoms with Crippen LogP contribution in [-0.2, 0) is 0 Å². The van der Waals surface area contributed by atoms with E-state index in [0.29, 0.717) is 0 Å². The zero-order valence-electron chi connectivity index (χ0n) is 14.5. The molecule has 0 radical (unpaired) electrons. The summed E-state index contributed by atoms with van der Waals surface area (Å²) >= 11 is 0. The largest absolute Gasteiger partial charge is 0.456 e. The highest BCUT2D eigenvalue weighted by atomic mass is 16.5. The van der Waals surface area contributed by atoms with E-state index in [-0.39, 0.29) is 0 Å². The van der Waals surface area contributed by atoms with Crippen LogP contribution < -0.4 is 4.74 Å². The molecule has 0 amide bonds. The van der Waals surface area contributed by atoms with Gasteiger partial charge in [0.1, 0.15) is 18.6 Å². The minimum absolute atomic E-state index is 0.882. The van der Waals surface area contributed by atoms with Crippen LogP contribution in [0, 0.1) is 0 Å². The number of para-hydroxylation sites is 2. The molecule has 124 valence electrons. The topological polar surface area (TPSA) is 12.2 Å². The van der Waals surface area contributed by atoms with Gasteiger partial charge in [0.05, 0.1) is 11.1 Å². The number of ether oxygens (including phenoxy) is 1. The molecule has 0 fully saturated rings. The van der Waals surface area contributed by atoms with Crippen LogP contribution in [0.25, 0.3) is 16.9 Å². The Morgan fingerprint density at radius 2 is 1.38 bits per heavy atom. The van der Waals surface area contributed by atoms with E-state index in [1.807, 2.05) is 30.3 Å². The van der Waals surface area contributed by atoms with Gasteiger partial charge in [0.15, 0.2) is 6.21 Å². The summed E-state index contributed by atoms with van der Waals surface area (Å²) in [5.74, 6) is 1.78. The molecular weight excluding hydrogens is 318 g/mol. The molecule has 2 aliphatic rings. The molecule has 2 aliphatic heterocycles. The predicted octanol–water partition coefficient (Wildman–Crippen LogP) is 5.39. The number of fused-ring (bicyclic) bond motifs is 2. The first-order valence-electron chi connectivity index (χ1n) is 8.77. The van der Waals surface area contributed by atoms with Gasteiger partial charge in [-0.05, 0) is 18.2 Å². The van der Waals surface area contributed by atoms with Crippen molar-refractivity contribution in [1.82, 2.24) is 0 Å². The third-order valence-corrected chi connectivity index (χ3v) is 4.92. The van der Waals surface area contributed by atoms with Gasteiger partial charge in [-0.1, -0.05) is 60.7 Å². The normalized spacial score (nSPS) is 17.7. The molecule has 3 aromatic carbocycles. The average molecular weight is 336 g/mol. The number of hydrogen-bond donors (Lipinski definition) is 0. The van der Waals surface area contributed by atoms with Gasteiger partial charge >= 0.3 is 0 Å². The van der Waals surface area contributed by atoms with E-state index in [4.69, 9.17) is 4.74 Å². The van der Waals surface area contributed by atoms with Crippen LogP contribution in [0.5, 0.6) is 5.75 Å². The summed E-state index contributed by atoms with van der Waals surface area (Å²) in [5.41, 5.74) is 7.12. The molecule has 0 aromatic heterocycles. The van der Waals surface area contributed by atoms with Crippen molar-refractivity contribution in [2.45, 2.75) is 0 Å². The molecule has 26 heavy (non-hydrogen) atoms. The summed E-state index contributed by atoms with van der Waals surface area (Å²) in [7, 11) is 2.10. The smallest absolute Gasteiger partial charge is 0.213 e. The minimum Gasteiger partial charge on any atom is -0.456 e. The van der Waals surface area contributed by atoms with Crippen molar-refractivity contribution < 1.29 is 9.31 Å². The molecule has 0 atom stereocenters. The van der Waals surface area contributed by atoms with Gasteiger partial charge in [0.2, 0.25) is 5.69 Å². The number of allylic oxidation sites excluding steroid dienone is 3. The van der Waals surface area contributed by atoms with E-state index in [9.17, 15) is 0 Å². The summed E-state index contributed by atoms with van der Waals surface area (Å²) in [6.45, 7) is 0. The molecule has 0 bridgehead atoms. The van der Waals surface area contributed by atoms with Crippen LogP contribution in [0.4, 0.5) is 5.69 Å². The highest BCUT2D eigenvalue weighted by Crippen LogP contribution is 2.42. The van der Waals surface area contributed by atoms with Crippen molar-refractivity contribution >= 4 is 28.8 Å². The second kappa shape index (κ2) is 5.85. The maximum atomic E-state index is 6.22. The van der Waals surface area contributed by atoms with Gasteiger partial charge in [0.25, 0.3) is 0 Å². The van der Waals surface area contributed by atoms with Gasteiger partial charge in [-0.25, -0.2) is 4.58 Å². The molecule has 2 heteroatoms. The first kappa shape index (κ1) is 14.9. The minimum atomic E-state index is 0.882. The van der Waals surface area contributed by atoms with Gasteiger partial charge < -0.3 is 4.74 Å². The molecule has 0 aliphatic carbocycles. The SMILES string of the molecule is C[N+]1=C/C(=C2/C=C(c3ccccc3)Oc3ccccc32)c2ccccc21. The van der Waals surface area contributed by atoms with Gasteiger partial charge in [-0.3, -0.25) is 0 Å². The van der Waals surface area contributed by atoms with Gasteiger partial charge in [0, 0.05) is 22.8 Å². The van der Waals surface area contributed by atoms with Crippen LogP contribution in [-0.4, -0.2) is 17.8 Å². The van der Waals surface area contributed by atoms with E-state index in [1.165, 1.54) is 22.4 Å². The lowest BCUT2D eigenvalue weighted by molar-refractivity contribution is -0.395. The number of hydrogen-bond acceptors (Lipinski definition) is 1. The lowest BCUT2D eigenvalue weighted by Gasteiger charge is -2.21. The van der Waals surface area contributed by atoms with Crippen molar-refractivity contribution in [1.29, 1.82) is 0 Å². The van der Waals surface area contributed by atoms with E-state index in [0.717, 1.165) is 22.6 Å². The fourth-order valence-corrected chi connectivity index (χ4v) is 3.66. The van der Waals surface area contributed by atoms with E-state index in [1.54, 1.807) is 0 Å². The maximum absolute atomic E-state index is 6.22. The Morgan fingerprint density at radius 3 is 2.23 bits per heavy atom. The Morgan fingerprint density at radius 1 is 0.692 bits per heavy atom. The highest BCUT2D eigenvalue weighted by Gasteiger charge is 2.28. The zero-order chi connectivity index (χ0) is 17.5. The van der Waals surface area contributed by atoms with E-state index < -0.39 is 0 Å². The molecular formula is C24H18NO+. The Hall–Kier alpha value is -3.39. The molecule has 0 N–H and O–H groups in total. The molecule has 0 saturated carbocycles. The Bertz CT molecular complexity index is 1100. The molecule has 2 heterocycles. The lowest BCUT2D eigenvalue weighted by atomic mass is 9.92. The van der Waals surface area contributed by atoms with Crippen LogP contribution in [0.1, 0.15) is 16.7 Å². The van der Waals surface area contributed by atoms with Crippen LogP contribution in [0.15, 0.2) is 84.9 Å².